The molecule has 0 radical (unpaired) electrons. The van der Waals surface area contributed by atoms with Crippen LogP contribution in [0.15, 0.2) is 103 Å². The van der Waals surface area contributed by atoms with Crippen molar-refractivity contribution in [1.29, 1.82) is 0 Å². The highest BCUT2D eigenvalue weighted by Gasteiger charge is 2.38. The second-order valence-corrected chi connectivity index (χ2v) is 15.8. The minimum atomic E-state index is -0.680. The molecule has 3 amide bonds. The van der Waals surface area contributed by atoms with Gasteiger partial charge >= 0.3 is 6.09 Å². The third-order valence-electron chi connectivity index (χ3n) is 11.7. The number of likely N-dealkylation sites (tertiary alicyclic amines) is 2. The van der Waals surface area contributed by atoms with E-state index < -0.39 is 12.1 Å². The number of benzene rings is 4. The maximum atomic E-state index is 13.9. The van der Waals surface area contributed by atoms with Gasteiger partial charge in [-0.1, -0.05) is 99.6 Å². The van der Waals surface area contributed by atoms with Crippen LogP contribution >= 0.6 is 0 Å². The number of H-pyrrole nitrogens is 2. The molecule has 8 rings (SSSR count). The van der Waals surface area contributed by atoms with Crippen LogP contribution in [-0.2, 0) is 14.3 Å². The monoisotopic (exact) mass is 792 g/mol. The van der Waals surface area contributed by atoms with Crippen LogP contribution in [0.1, 0.15) is 81.8 Å². The van der Waals surface area contributed by atoms with Crippen LogP contribution in [-0.4, -0.2) is 80.4 Å². The molecule has 59 heavy (non-hydrogen) atoms. The van der Waals surface area contributed by atoms with E-state index in [-0.39, 0.29) is 35.9 Å². The minimum Gasteiger partial charge on any atom is -0.453 e. The predicted molar refractivity (Wildman–Crippen MR) is 229 cm³/mol. The Morgan fingerprint density at radius 3 is 1.86 bits per heavy atom. The van der Waals surface area contributed by atoms with E-state index in [1.54, 1.807) is 0 Å². The number of carbonyl (C=O) groups excluding carboxylic acids is 3. The molecule has 12 nitrogen and oxygen atoms in total. The Kier molecular flexibility index (Phi) is 11.6. The zero-order valence-corrected chi connectivity index (χ0v) is 34.1. The van der Waals surface area contributed by atoms with E-state index in [0.29, 0.717) is 19.6 Å². The number of methoxy groups -OCH3 is 1. The van der Waals surface area contributed by atoms with E-state index in [0.717, 1.165) is 87.3 Å². The average Bonchev–Trinajstić information content (AvgIpc) is 4.11. The van der Waals surface area contributed by atoms with Gasteiger partial charge in [-0.15, -0.1) is 0 Å². The lowest BCUT2D eigenvalue weighted by Crippen LogP contribution is -2.51. The molecule has 2 aliphatic rings. The number of aromatic nitrogens is 4. The summed E-state index contributed by atoms with van der Waals surface area (Å²) >= 11 is 0. The Morgan fingerprint density at radius 2 is 1.27 bits per heavy atom. The van der Waals surface area contributed by atoms with Gasteiger partial charge in [0.15, 0.2) is 0 Å². The van der Waals surface area contributed by atoms with Crippen molar-refractivity contribution in [3.8, 4) is 33.6 Å². The zero-order chi connectivity index (χ0) is 41.0. The van der Waals surface area contributed by atoms with Crippen LogP contribution in [0.5, 0.6) is 0 Å². The Bertz CT molecular complexity index is 2420. The highest BCUT2D eigenvalue weighted by atomic mass is 16.5. The number of nitrogens with one attached hydrogen (secondary N) is 4. The summed E-state index contributed by atoms with van der Waals surface area (Å²) in [5.41, 5.74) is 6.85. The predicted octanol–water partition coefficient (Wildman–Crippen LogP) is 8.35. The van der Waals surface area contributed by atoms with Crippen LogP contribution in [0, 0.1) is 5.92 Å². The number of fused-ring (bicyclic) bond motifs is 1. The number of imidazole rings is 2. The van der Waals surface area contributed by atoms with Crippen LogP contribution in [0.4, 0.5) is 4.79 Å². The molecule has 2 saturated heterocycles. The number of hydrogen-bond donors (Lipinski definition) is 4. The molecule has 0 saturated carbocycles. The van der Waals surface area contributed by atoms with Gasteiger partial charge in [-0.3, -0.25) is 9.59 Å². The lowest BCUT2D eigenvalue weighted by atomic mass is 9.98. The Balaban J connectivity index is 0.941. The SMILES string of the molecule is CCN[C@@H](C(=O)N1CCC[C@H]1c1nc(-c2ccc(-c3ccc4cc(-c5c[nH]c([C@@H]6CCCN6C(=O)C(NC(=O)OC)C(C)C)n5)ccc4c3)cc2)c[nH]1)c1ccccc1. The number of ether oxygens (including phenoxy) is 1. The number of amides is 3. The van der Waals surface area contributed by atoms with Gasteiger partial charge < -0.3 is 35.1 Å². The summed E-state index contributed by atoms with van der Waals surface area (Å²) in [5, 5.41) is 8.32. The molecule has 4 N–H and O–H groups in total. The molecule has 1 unspecified atom stereocenters. The molecule has 6 aromatic rings. The molecular weight excluding hydrogens is 741 g/mol. The number of likely N-dealkylation sites (N-methyl/N-ethyl adjacent to an activating group) is 1. The first-order chi connectivity index (χ1) is 28.7. The van der Waals surface area contributed by atoms with E-state index >= 15 is 0 Å². The van der Waals surface area contributed by atoms with E-state index in [4.69, 9.17) is 14.7 Å². The second-order valence-electron chi connectivity index (χ2n) is 15.8. The van der Waals surface area contributed by atoms with Crippen molar-refractivity contribution in [3.63, 3.8) is 0 Å². The molecule has 12 heteroatoms. The summed E-state index contributed by atoms with van der Waals surface area (Å²) < 4.78 is 4.77. The lowest BCUT2D eigenvalue weighted by Gasteiger charge is -2.29. The van der Waals surface area contributed by atoms with Crippen molar-refractivity contribution >= 4 is 28.7 Å². The van der Waals surface area contributed by atoms with Crippen LogP contribution in [0.25, 0.3) is 44.4 Å². The number of alkyl carbamates (subject to hydrolysis) is 1. The van der Waals surface area contributed by atoms with Crippen molar-refractivity contribution in [1.82, 2.24) is 40.4 Å². The standard InChI is InChI=1S/C47H52N8O4/c1-5-48-42(32-11-7-6-8-12-32)46(57)55-24-10-14-40(55)43-49-27-37(51-43)31-17-15-30(16-18-31)33-19-20-35-26-36(22-21-34(35)25-33)38-28-50-44(52-38)39-13-9-23-54(39)45(56)41(29(2)3)53-47(58)59-4/h6-8,11-12,15-22,25-29,39-42,48H,5,9-10,13-14,23-24H2,1-4H3,(H,49,51)(H,50,52)(H,53,58)/t39-,40-,41?,42+/m0/s1. The molecule has 4 heterocycles. The first-order valence-corrected chi connectivity index (χ1v) is 20.7. The molecule has 0 bridgehead atoms. The van der Waals surface area contributed by atoms with Gasteiger partial charge in [-0.05, 0) is 77.7 Å². The molecular formula is C47H52N8O4. The Morgan fingerprint density at radius 1 is 0.729 bits per heavy atom. The molecule has 4 atom stereocenters. The fourth-order valence-electron chi connectivity index (χ4n) is 8.60. The van der Waals surface area contributed by atoms with Gasteiger partial charge in [0, 0.05) is 36.6 Å². The highest BCUT2D eigenvalue weighted by Crippen LogP contribution is 2.36. The first kappa shape index (κ1) is 39.6. The summed E-state index contributed by atoms with van der Waals surface area (Å²) in [5.74, 6) is 1.41. The van der Waals surface area contributed by atoms with Crippen molar-refractivity contribution in [3.05, 3.63) is 121 Å². The molecule has 2 fully saturated rings. The van der Waals surface area contributed by atoms with Gasteiger partial charge in [0.05, 0.1) is 30.6 Å². The van der Waals surface area contributed by atoms with Gasteiger partial charge in [-0.2, -0.15) is 0 Å². The summed E-state index contributed by atoms with van der Waals surface area (Å²) in [6.07, 6.45) is 6.69. The maximum absolute atomic E-state index is 13.9. The molecule has 304 valence electrons. The number of carbonyl (C=O) groups is 3. The molecule has 4 aromatic carbocycles. The summed E-state index contributed by atoms with van der Waals surface area (Å²) in [7, 11) is 1.30. The normalized spacial score (nSPS) is 17.7. The molecule has 0 aliphatic carbocycles. The van der Waals surface area contributed by atoms with E-state index in [2.05, 4.69) is 81.3 Å². The first-order valence-electron chi connectivity index (χ1n) is 20.7. The molecule has 2 aliphatic heterocycles. The van der Waals surface area contributed by atoms with Gasteiger partial charge in [0.1, 0.15) is 23.7 Å². The third kappa shape index (κ3) is 8.22. The largest absolute Gasteiger partial charge is 0.453 e. The van der Waals surface area contributed by atoms with Gasteiger partial charge in [0.25, 0.3) is 0 Å². The van der Waals surface area contributed by atoms with Crippen LogP contribution < -0.4 is 10.6 Å². The summed E-state index contributed by atoms with van der Waals surface area (Å²) in [4.78, 5) is 59.9. The molecule has 2 aromatic heterocycles. The number of hydrogen-bond acceptors (Lipinski definition) is 7. The Hall–Kier alpha value is -6.27. The van der Waals surface area contributed by atoms with Crippen molar-refractivity contribution < 1.29 is 19.1 Å². The number of aromatic amines is 2. The summed E-state index contributed by atoms with van der Waals surface area (Å²) in [6.45, 7) is 7.86. The fourth-order valence-corrected chi connectivity index (χ4v) is 8.60. The second kappa shape index (κ2) is 17.3. The third-order valence-corrected chi connectivity index (χ3v) is 11.7. The number of nitrogens with zero attached hydrogens (tertiary/aromatic N) is 4. The zero-order valence-electron chi connectivity index (χ0n) is 34.1. The number of rotatable bonds is 12. The lowest BCUT2D eigenvalue weighted by molar-refractivity contribution is -0.136. The average molecular weight is 793 g/mol. The van der Waals surface area contributed by atoms with Gasteiger partial charge in [-0.25, -0.2) is 14.8 Å². The highest BCUT2D eigenvalue weighted by molar-refractivity contribution is 5.91. The minimum absolute atomic E-state index is 0.0820. The van der Waals surface area contributed by atoms with E-state index in [1.807, 2.05) is 73.3 Å². The van der Waals surface area contributed by atoms with Gasteiger partial charge in [0.2, 0.25) is 11.8 Å². The maximum Gasteiger partial charge on any atom is 0.407 e. The van der Waals surface area contributed by atoms with Crippen LogP contribution in [0.3, 0.4) is 0 Å². The van der Waals surface area contributed by atoms with E-state index in [1.165, 1.54) is 7.11 Å². The van der Waals surface area contributed by atoms with Crippen molar-refractivity contribution in [2.24, 2.45) is 5.92 Å². The smallest absolute Gasteiger partial charge is 0.407 e. The fraction of sp³-hybridized carbons (Fsp3) is 0.340. The van der Waals surface area contributed by atoms with Crippen molar-refractivity contribution in [2.75, 3.05) is 26.7 Å². The van der Waals surface area contributed by atoms with E-state index in [9.17, 15) is 14.4 Å². The quantitative estimate of drug-likeness (QED) is 0.0974. The van der Waals surface area contributed by atoms with Crippen LogP contribution in [0.2, 0.25) is 0 Å². The Labute approximate surface area is 344 Å². The molecule has 0 spiro atoms. The van der Waals surface area contributed by atoms with Crippen molar-refractivity contribution in [2.45, 2.75) is 70.6 Å². The topological polar surface area (TPSA) is 148 Å². The summed E-state index contributed by atoms with van der Waals surface area (Å²) in [6, 6.07) is 29.9.